The third-order valence-electron chi connectivity index (χ3n) is 1.37. The molecular weight excluding hydrogens is 210 g/mol. The first kappa shape index (κ1) is 10.7. The minimum absolute atomic E-state index is 0.305. The SMILES string of the molecule is Cc1ccc(OP(=O)(O)OP)cc1. The zero-order chi connectivity index (χ0) is 9.90. The maximum atomic E-state index is 10.9. The lowest BCUT2D eigenvalue weighted by atomic mass is 10.2. The van der Waals surface area contributed by atoms with Gasteiger partial charge in [-0.1, -0.05) is 17.7 Å². The average Bonchev–Trinajstić information content (AvgIpc) is 2.09. The lowest BCUT2D eigenvalue weighted by molar-refractivity contribution is 0.305. The van der Waals surface area contributed by atoms with Gasteiger partial charge >= 0.3 is 7.82 Å². The fourth-order valence-electron chi connectivity index (χ4n) is 0.754. The second-order valence-corrected chi connectivity index (χ2v) is 4.44. The molecule has 4 nitrogen and oxygen atoms in total. The Labute approximate surface area is 78.8 Å². The largest absolute Gasteiger partial charge is 0.530 e. The molecule has 0 radical (unpaired) electrons. The minimum Gasteiger partial charge on any atom is -0.404 e. The van der Waals surface area contributed by atoms with Crippen molar-refractivity contribution < 1.29 is 18.3 Å². The molecule has 13 heavy (non-hydrogen) atoms. The number of phosphoric acid groups is 1. The number of phosphoric ester groups is 1. The molecule has 0 saturated heterocycles. The van der Waals surface area contributed by atoms with Gasteiger partial charge in [0.15, 0.2) is 0 Å². The molecule has 6 heteroatoms. The fraction of sp³-hybridized carbons (Fsp3) is 0.143. The Hall–Kier alpha value is -0.400. The molecule has 0 aromatic heterocycles. The predicted molar refractivity (Wildman–Crippen MR) is 52.4 cm³/mol. The van der Waals surface area contributed by atoms with Crippen LogP contribution in [-0.4, -0.2) is 4.89 Å². The number of rotatable bonds is 3. The minimum atomic E-state index is -3.95. The predicted octanol–water partition coefficient (Wildman–Crippen LogP) is 2.28. The zero-order valence-corrected chi connectivity index (χ0v) is 9.06. The van der Waals surface area contributed by atoms with E-state index in [2.05, 4.69) is 8.83 Å². The summed E-state index contributed by atoms with van der Waals surface area (Å²) in [5, 5.41) is 0. The van der Waals surface area contributed by atoms with Crippen molar-refractivity contribution in [2.45, 2.75) is 6.92 Å². The molecule has 1 N–H and O–H groups in total. The summed E-state index contributed by atoms with van der Waals surface area (Å²) in [6, 6.07) is 6.75. The summed E-state index contributed by atoms with van der Waals surface area (Å²) in [5.74, 6) is 0.305. The molecule has 0 amide bonds. The van der Waals surface area contributed by atoms with E-state index in [9.17, 15) is 4.57 Å². The van der Waals surface area contributed by atoms with Crippen LogP contribution in [0.15, 0.2) is 24.3 Å². The van der Waals surface area contributed by atoms with E-state index in [4.69, 9.17) is 4.89 Å². The summed E-state index contributed by atoms with van der Waals surface area (Å²) in [6.45, 7) is 1.91. The molecule has 0 heterocycles. The van der Waals surface area contributed by atoms with Crippen molar-refractivity contribution >= 4 is 17.3 Å². The van der Waals surface area contributed by atoms with Gasteiger partial charge in [0.25, 0.3) is 0 Å². The van der Waals surface area contributed by atoms with Crippen LogP contribution in [0.1, 0.15) is 5.56 Å². The van der Waals surface area contributed by atoms with Crippen molar-refractivity contribution in [1.29, 1.82) is 0 Å². The molecular formula is C7H10O4P2. The Balaban J connectivity index is 2.75. The van der Waals surface area contributed by atoms with Crippen molar-refractivity contribution in [2.75, 3.05) is 0 Å². The van der Waals surface area contributed by atoms with E-state index in [-0.39, 0.29) is 0 Å². The van der Waals surface area contributed by atoms with E-state index in [1.54, 1.807) is 33.7 Å². The highest BCUT2D eigenvalue weighted by Gasteiger charge is 2.19. The molecule has 0 bridgehead atoms. The zero-order valence-electron chi connectivity index (χ0n) is 7.01. The summed E-state index contributed by atoms with van der Waals surface area (Å²) in [6.07, 6.45) is 0. The quantitative estimate of drug-likeness (QED) is 0.794. The third-order valence-corrected chi connectivity index (χ3v) is 2.88. The first-order valence-corrected chi connectivity index (χ1v) is 5.48. The van der Waals surface area contributed by atoms with Gasteiger partial charge in [-0.3, -0.25) is 9.20 Å². The van der Waals surface area contributed by atoms with Gasteiger partial charge in [-0.05, 0) is 19.1 Å². The molecule has 72 valence electrons. The first-order chi connectivity index (χ1) is 6.03. The van der Waals surface area contributed by atoms with E-state index >= 15 is 0 Å². The third kappa shape index (κ3) is 3.45. The van der Waals surface area contributed by atoms with Crippen LogP contribution in [-0.2, 0) is 8.88 Å². The Morgan fingerprint density at radius 2 is 1.92 bits per heavy atom. The van der Waals surface area contributed by atoms with Gasteiger partial charge in [-0.2, -0.15) is 0 Å². The van der Waals surface area contributed by atoms with Crippen LogP contribution in [0.4, 0.5) is 0 Å². The van der Waals surface area contributed by atoms with Gasteiger partial charge in [0.1, 0.15) is 5.75 Å². The topological polar surface area (TPSA) is 55.8 Å². The van der Waals surface area contributed by atoms with E-state index < -0.39 is 7.82 Å². The molecule has 0 aliphatic carbocycles. The number of hydrogen-bond acceptors (Lipinski definition) is 3. The molecule has 1 rings (SSSR count). The van der Waals surface area contributed by atoms with Crippen LogP contribution in [0.2, 0.25) is 0 Å². The van der Waals surface area contributed by atoms with Crippen LogP contribution in [0.3, 0.4) is 0 Å². The number of aryl methyl sites for hydroxylation is 1. The van der Waals surface area contributed by atoms with Crippen LogP contribution >= 0.6 is 17.3 Å². The van der Waals surface area contributed by atoms with Crippen LogP contribution in [0, 0.1) is 6.92 Å². The fourth-order valence-corrected chi connectivity index (χ4v) is 1.31. The van der Waals surface area contributed by atoms with Gasteiger partial charge in [-0.15, -0.1) is 0 Å². The Bertz CT molecular complexity index is 322. The van der Waals surface area contributed by atoms with Crippen molar-refractivity contribution in [1.82, 2.24) is 0 Å². The van der Waals surface area contributed by atoms with Crippen LogP contribution in [0.5, 0.6) is 5.75 Å². The summed E-state index contributed by atoms with van der Waals surface area (Å²) in [4.78, 5) is 8.94. The smallest absolute Gasteiger partial charge is 0.404 e. The average molecular weight is 220 g/mol. The Morgan fingerprint density at radius 3 is 2.38 bits per heavy atom. The highest BCUT2D eigenvalue weighted by Crippen LogP contribution is 2.45. The van der Waals surface area contributed by atoms with E-state index in [1.165, 1.54) is 0 Å². The van der Waals surface area contributed by atoms with Gasteiger partial charge in [0, 0.05) is 9.47 Å². The van der Waals surface area contributed by atoms with Crippen LogP contribution in [0.25, 0.3) is 0 Å². The van der Waals surface area contributed by atoms with Gasteiger partial charge in [0.05, 0.1) is 0 Å². The molecule has 0 aliphatic heterocycles. The van der Waals surface area contributed by atoms with Crippen molar-refractivity contribution in [3.8, 4) is 5.75 Å². The normalized spacial score (nSPS) is 15.0. The summed E-state index contributed by atoms with van der Waals surface area (Å²) in [5.41, 5.74) is 1.05. The van der Waals surface area contributed by atoms with E-state index in [1.807, 2.05) is 6.92 Å². The standard InChI is InChI=1S/C7H10O4P2/c1-6-2-4-7(5-3-6)10-13(8,9)11-12/h2-5H,12H2,1H3,(H,8,9). The van der Waals surface area contributed by atoms with Gasteiger partial charge < -0.3 is 4.52 Å². The van der Waals surface area contributed by atoms with Gasteiger partial charge in [-0.25, -0.2) is 4.57 Å². The Kier molecular flexibility index (Phi) is 3.46. The summed E-state index contributed by atoms with van der Waals surface area (Å²) in [7, 11) is -2.26. The molecule has 1 aromatic carbocycles. The second-order valence-electron chi connectivity index (χ2n) is 2.48. The van der Waals surface area contributed by atoms with E-state index in [0.29, 0.717) is 5.75 Å². The van der Waals surface area contributed by atoms with E-state index in [0.717, 1.165) is 5.56 Å². The number of benzene rings is 1. The summed E-state index contributed by atoms with van der Waals surface area (Å²) >= 11 is 0. The molecule has 2 unspecified atom stereocenters. The highest BCUT2D eigenvalue weighted by atomic mass is 31.2. The maximum absolute atomic E-state index is 10.9. The monoisotopic (exact) mass is 220 g/mol. The van der Waals surface area contributed by atoms with Crippen LogP contribution < -0.4 is 4.52 Å². The second kappa shape index (κ2) is 4.21. The number of hydrogen-bond donors (Lipinski definition) is 1. The molecule has 0 spiro atoms. The highest BCUT2D eigenvalue weighted by molar-refractivity contribution is 7.52. The Morgan fingerprint density at radius 1 is 1.38 bits per heavy atom. The molecule has 0 aliphatic rings. The lowest BCUT2D eigenvalue weighted by Crippen LogP contribution is -1.90. The van der Waals surface area contributed by atoms with Gasteiger partial charge in [0.2, 0.25) is 0 Å². The van der Waals surface area contributed by atoms with Crippen molar-refractivity contribution in [3.05, 3.63) is 29.8 Å². The van der Waals surface area contributed by atoms with Crippen molar-refractivity contribution in [3.63, 3.8) is 0 Å². The molecule has 2 atom stereocenters. The molecule has 1 aromatic rings. The lowest BCUT2D eigenvalue weighted by Gasteiger charge is -2.09. The first-order valence-electron chi connectivity index (χ1n) is 3.51. The van der Waals surface area contributed by atoms with Crippen molar-refractivity contribution in [2.24, 2.45) is 0 Å². The maximum Gasteiger partial charge on any atom is 0.530 e. The molecule has 0 saturated carbocycles. The molecule has 0 fully saturated rings. The summed E-state index contributed by atoms with van der Waals surface area (Å²) < 4.78 is 19.8.